The molecule has 53 heavy (non-hydrogen) atoms. The molecule has 3 aromatic rings. The van der Waals surface area contributed by atoms with Gasteiger partial charge in [-0.15, -0.1) is 23.2 Å². The number of fused-ring (bicyclic) bond motifs is 4. The molecule has 4 amide bonds. The number of phenolic OH excluding ortho intramolecular Hbond substituents is 1. The molecule has 2 aliphatic heterocycles. The molecule has 3 aromatic carbocycles. The number of carbonyl (C=O) groups is 4. The van der Waals surface area contributed by atoms with E-state index in [1.165, 1.54) is 43.5 Å². The number of phenols is 1. The summed E-state index contributed by atoms with van der Waals surface area (Å²) < 4.78 is 84.4. The average Bonchev–Trinajstić information content (AvgIpc) is 3.47. The van der Waals surface area contributed by atoms with Crippen LogP contribution < -0.4 is 24.7 Å². The van der Waals surface area contributed by atoms with E-state index in [1.54, 1.807) is 0 Å². The van der Waals surface area contributed by atoms with Crippen LogP contribution in [0.1, 0.15) is 24.3 Å². The van der Waals surface area contributed by atoms with Crippen LogP contribution in [0.2, 0.25) is 0 Å². The number of ether oxygens (including phenoxy) is 2. The van der Waals surface area contributed by atoms with Gasteiger partial charge in [-0.1, -0.05) is 23.8 Å². The lowest BCUT2D eigenvalue weighted by molar-refractivity contribution is -0.125. The zero-order chi connectivity index (χ0) is 38.6. The maximum absolute atomic E-state index is 15.3. The first-order valence-corrected chi connectivity index (χ1v) is 16.5. The molecule has 7 rings (SSSR count). The van der Waals surface area contributed by atoms with Crippen molar-refractivity contribution in [3.05, 3.63) is 82.7 Å². The van der Waals surface area contributed by atoms with E-state index >= 15 is 8.78 Å². The van der Waals surface area contributed by atoms with Crippen LogP contribution in [0.15, 0.2) is 48.0 Å². The van der Waals surface area contributed by atoms with Crippen LogP contribution in [-0.4, -0.2) is 69.9 Å². The van der Waals surface area contributed by atoms with Gasteiger partial charge < -0.3 is 24.6 Å². The number of aromatic hydroxyl groups is 1. The van der Waals surface area contributed by atoms with Crippen molar-refractivity contribution in [2.45, 2.75) is 28.5 Å². The second-order valence-corrected chi connectivity index (χ2v) is 14.2. The molecule has 11 nitrogen and oxygen atoms in total. The normalized spacial score (nSPS) is 27.8. The highest BCUT2D eigenvalue weighted by molar-refractivity contribution is 6.59. The summed E-state index contributed by atoms with van der Waals surface area (Å²) in [7, 11) is 0.465. The Kier molecular flexibility index (Phi) is 8.60. The zero-order valence-electron chi connectivity index (χ0n) is 27.2. The zero-order valence-corrected chi connectivity index (χ0v) is 28.7. The lowest BCUT2D eigenvalue weighted by Crippen LogP contribution is -2.60. The Labute approximate surface area is 306 Å². The van der Waals surface area contributed by atoms with Gasteiger partial charge in [-0.3, -0.25) is 24.1 Å². The molecule has 3 fully saturated rings. The van der Waals surface area contributed by atoms with Crippen molar-refractivity contribution in [2.24, 2.45) is 17.8 Å². The maximum Gasteiger partial charge on any atom is 0.488 e. The van der Waals surface area contributed by atoms with Gasteiger partial charge in [0.2, 0.25) is 17.6 Å². The molecule has 0 aromatic heterocycles. The molecule has 1 saturated carbocycles. The Hall–Kier alpha value is -4.71. The van der Waals surface area contributed by atoms with Gasteiger partial charge in [0.05, 0.1) is 31.7 Å². The predicted octanol–water partition coefficient (Wildman–Crippen LogP) is 3.55. The highest BCUT2D eigenvalue weighted by Gasteiger charge is 2.77. The van der Waals surface area contributed by atoms with Crippen molar-refractivity contribution >= 4 is 70.8 Å². The Bertz CT molecular complexity index is 2180. The SMILES string of the molecule is COc1cc(O)c(C2C3=CCC4C(=O)N(c5cccc(B(O)O)c5)C(=O)C4C3CC3(Cl)C(=O)N(c4c(F)c(F)c(F)c(F)c4F)C(=O)C23Cl)c(OC)c1. The van der Waals surface area contributed by atoms with Gasteiger partial charge in [-0.25, -0.2) is 26.9 Å². The number of imide groups is 2. The van der Waals surface area contributed by atoms with Crippen molar-refractivity contribution in [3.63, 3.8) is 0 Å². The lowest BCUT2D eigenvalue weighted by Gasteiger charge is -2.50. The molecule has 2 heterocycles. The highest BCUT2D eigenvalue weighted by atomic mass is 35.5. The number of carbonyl (C=O) groups excluding carboxylic acids is 4. The molecule has 0 bridgehead atoms. The van der Waals surface area contributed by atoms with Crippen molar-refractivity contribution in [3.8, 4) is 17.2 Å². The quantitative estimate of drug-likeness (QED) is 0.0649. The summed E-state index contributed by atoms with van der Waals surface area (Å²) >= 11 is 14.3. The molecule has 276 valence electrons. The van der Waals surface area contributed by atoms with Crippen LogP contribution in [0.25, 0.3) is 0 Å². The molecule has 3 N–H and O–H groups in total. The van der Waals surface area contributed by atoms with E-state index in [0.717, 1.165) is 18.1 Å². The van der Waals surface area contributed by atoms with Gasteiger partial charge in [0.25, 0.3) is 11.8 Å². The van der Waals surface area contributed by atoms with Crippen LogP contribution in [-0.2, 0) is 19.2 Å². The minimum Gasteiger partial charge on any atom is -0.507 e. The maximum atomic E-state index is 15.3. The number of hydrogen-bond donors (Lipinski definition) is 3. The summed E-state index contributed by atoms with van der Waals surface area (Å²) in [5.74, 6) is -24.0. The van der Waals surface area contributed by atoms with Crippen LogP contribution in [0, 0.1) is 46.8 Å². The average molecular weight is 781 g/mol. The molecule has 6 unspecified atom stereocenters. The summed E-state index contributed by atoms with van der Waals surface area (Å²) in [6.45, 7) is 0. The number of amides is 4. The van der Waals surface area contributed by atoms with Crippen molar-refractivity contribution in [1.29, 1.82) is 0 Å². The summed E-state index contributed by atoms with van der Waals surface area (Å²) in [4.78, 5) is 51.8. The smallest absolute Gasteiger partial charge is 0.488 e. The predicted molar refractivity (Wildman–Crippen MR) is 176 cm³/mol. The molecule has 0 spiro atoms. The molecular weight excluding hydrogens is 757 g/mol. The molecule has 19 heteroatoms. The minimum atomic E-state index is -2.91. The third-order valence-corrected chi connectivity index (χ3v) is 11.9. The van der Waals surface area contributed by atoms with Gasteiger partial charge in [0, 0.05) is 23.6 Å². The van der Waals surface area contributed by atoms with E-state index in [1.807, 2.05) is 0 Å². The third kappa shape index (κ3) is 4.79. The van der Waals surface area contributed by atoms with E-state index in [4.69, 9.17) is 32.7 Å². The minimum absolute atomic E-state index is 0.0275. The Balaban J connectivity index is 1.46. The number of methoxy groups -OCH3 is 2. The molecule has 6 atom stereocenters. The Morgan fingerprint density at radius 1 is 0.830 bits per heavy atom. The first-order chi connectivity index (χ1) is 25.0. The van der Waals surface area contributed by atoms with Gasteiger partial charge in [0.1, 0.15) is 22.9 Å². The fourth-order valence-electron chi connectivity index (χ4n) is 8.13. The third-order valence-electron chi connectivity index (χ3n) is 10.5. The number of hydrogen-bond acceptors (Lipinski definition) is 9. The van der Waals surface area contributed by atoms with E-state index < -0.39 is 111 Å². The van der Waals surface area contributed by atoms with Gasteiger partial charge in [-0.2, -0.15) is 0 Å². The Morgan fingerprint density at radius 3 is 2.08 bits per heavy atom. The molecule has 2 saturated heterocycles. The largest absolute Gasteiger partial charge is 0.507 e. The number of allylic oxidation sites excluding steroid dienone is 2. The number of alkyl halides is 2. The van der Waals surface area contributed by atoms with Crippen molar-refractivity contribution in [2.75, 3.05) is 24.0 Å². The molecule has 2 aliphatic carbocycles. The van der Waals surface area contributed by atoms with Crippen molar-refractivity contribution in [1.82, 2.24) is 0 Å². The van der Waals surface area contributed by atoms with Crippen LogP contribution in [0.5, 0.6) is 17.2 Å². The van der Waals surface area contributed by atoms with E-state index in [2.05, 4.69) is 0 Å². The first kappa shape index (κ1) is 36.6. The van der Waals surface area contributed by atoms with Gasteiger partial charge in [0.15, 0.2) is 33.0 Å². The molecule has 0 radical (unpaired) electrons. The highest BCUT2D eigenvalue weighted by Crippen LogP contribution is 2.67. The topological polar surface area (TPSA) is 154 Å². The standard InChI is InChI=1S/C34H24BCl2F5N2O9/c1-52-14-9-18(45)21(19(10-14)53-2)22-15-6-7-16-20(30(47)43(29(16)46)13-5-3-4-12(8-13)35(50)51)17(15)11-33(36)31(48)44(32(49)34(22,33)37)28-26(41)24(39)23(38)25(40)27(28)42/h3-6,8-10,16-17,20,22,45,50-51H,7,11H2,1-2H3. The van der Waals surface area contributed by atoms with Crippen LogP contribution in [0.4, 0.5) is 33.3 Å². The summed E-state index contributed by atoms with van der Waals surface area (Å²) in [5.41, 5.74) is -2.28. The lowest BCUT2D eigenvalue weighted by atomic mass is 9.56. The fraction of sp³-hybridized carbons (Fsp3) is 0.294. The van der Waals surface area contributed by atoms with E-state index in [9.17, 15) is 47.5 Å². The van der Waals surface area contributed by atoms with Gasteiger partial charge in [-0.05, 0) is 36.4 Å². The van der Waals surface area contributed by atoms with E-state index in [-0.39, 0.29) is 45.1 Å². The molecular formula is C34H24BCl2F5N2O9. The van der Waals surface area contributed by atoms with Crippen LogP contribution >= 0.6 is 23.2 Å². The second kappa shape index (κ2) is 12.4. The van der Waals surface area contributed by atoms with Gasteiger partial charge >= 0.3 is 7.12 Å². The number of anilines is 2. The fourth-order valence-corrected chi connectivity index (χ4v) is 9.05. The first-order valence-electron chi connectivity index (χ1n) is 15.7. The molecule has 4 aliphatic rings. The summed E-state index contributed by atoms with van der Waals surface area (Å²) in [6.07, 6.45) is 0.489. The second-order valence-electron chi connectivity index (χ2n) is 12.9. The van der Waals surface area contributed by atoms with Crippen molar-refractivity contribution < 1.29 is 65.8 Å². The number of halogens is 7. The summed E-state index contributed by atoms with van der Waals surface area (Å²) in [6, 6.07) is 7.62. The number of nitrogens with zero attached hydrogens (tertiary/aromatic N) is 2. The Morgan fingerprint density at radius 2 is 1.47 bits per heavy atom. The number of rotatable bonds is 6. The van der Waals surface area contributed by atoms with E-state index in [0.29, 0.717) is 0 Å². The van der Waals surface area contributed by atoms with Crippen LogP contribution in [0.3, 0.4) is 0 Å². The summed E-state index contributed by atoms with van der Waals surface area (Å²) in [5, 5.41) is 30.9. The number of benzene rings is 3. The monoisotopic (exact) mass is 780 g/mol.